The van der Waals surface area contributed by atoms with Crippen molar-refractivity contribution in [3.05, 3.63) is 106 Å². The number of thiophene rings is 1. The fourth-order valence-electron chi connectivity index (χ4n) is 5.77. The van der Waals surface area contributed by atoms with Crippen LogP contribution in [0.1, 0.15) is 55.7 Å². The lowest BCUT2D eigenvalue weighted by molar-refractivity contribution is 0.0981. The summed E-state index contributed by atoms with van der Waals surface area (Å²) in [5.41, 5.74) is 6.16. The van der Waals surface area contributed by atoms with Crippen LogP contribution in [0.5, 0.6) is 0 Å². The summed E-state index contributed by atoms with van der Waals surface area (Å²) >= 11 is 1.34. The van der Waals surface area contributed by atoms with Crippen LogP contribution in [-0.2, 0) is 23.1 Å². The maximum atomic E-state index is 14.4. The Bertz CT molecular complexity index is 1980. The highest BCUT2D eigenvalue weighted by molar-refractivity contribution is 7.83. The molecule has 0 saturated heterocycles. The molecule has 1 unspecified atom stereocenters. The average Bonchev–Trinajstić information content (AvgIpc) is 3.69. The van der Waals surface area contributed by atoms with Crippen LogP contribution in [0.3, 0.4) is 0 Å². The molecule has 228 valence electrons. The number of carbonyl (C=O) groups excluding carboxylic acids is 2. The number of aryl methyl sites for hydroxylation is 1. The number of amides is 2. The second-order valence-corrected chi connectivity index (χ2v) is 13.9. The van der Waals surface area contributed by atoms with Gasteiger partial charge in [-0.3, -0.25) is 18.5 Å². The quantitative estimate of drug-likeness (QED) is 0.212. The van der Waals surface area contributed by atoms with Gasteiger partial charge in [-0.1, -0.05) is 36.4 Å². The Balaban J connectivity index is 1.19. The molecule has 5 aromatic rings. The highest BCUT2D eigenvalue weighted by Gasteiger charge is 2.32. The van der Waals surface area contributed by atoms with E-state index < -0.39 is 16.6 Å². The maximum Gasteiger partial charge on any atom is 0.276 e. The molecule has 2 aliphatic rings. The maximum absolute atomic E-state index is 14.4. The Morgan fingerprint density at radius 1 is 1.07 bits per heavy atom. The van der Waals surface area contributed by atoms with Gasteiger partial charge in [0.05, 0.1) is 27.6 Å². The van der Waals surface area contributed by atoms with Gasteiger partial charge in [0.2, 0.25) is 0 Å². The van der Waals surface area contributed by atoms with E-state index in [0.717, 1.165) is 45.8 Å². The smallest absolute Gasteiger partial charge is 0.276 e. The van der Waals surface area contributed by atoms with E-state index in [-0.39, 0.29) is 17.5 Å². The van der Waals surface area contributed by atoms with Gasteiger partial charge in [0.25, 0.3) is 11.8 Å². The Morgan fingerprint density at radius 2 is 1.87 bits per heavy atom. The fourth-order valence-corrected chi connectivity index (χ4v) is 7.42. The van der Waals surface area contributed by atoms with Crippen LogP contribution in [0.2, 0.25) is 0 Å². The summed E-state index contributed by atoms with van der Waals surface area (Å²) in [6.45, 7) is 2.15. The molecule has 1 fully saturated rings. The van der Waals surface area contributed by atoms with Crippen molar-refractivity contribution in [3.63, 3.8) is 0 Å². The molecule has 4 heterocycles. The number of pyridine rings is 1. The van der Waals surface area contributed by atoms with E-state index >= 15 is 0 Å². The van der Waals surface area contributed by atoms with Gasteiger partial charge < -0.3 is 10.2 Å². The molecular weight excluding hydrogens is 610 g/mol. The molecule has 1 saturated carbocycles. The first-order valence-corrected chi connectivity index (χ1v) is 17.3. The van der Waals surface area contributed by atoms with Crippen molar-refractivity contribution in [2.75, 3.05) is 23.0 Å². The number of anilines is 2. The van der Waals surface area contributed by atoms with E-state index in [0.29, 0.717) is 46.6 Å². The van der Waals surface area contributed by atoms with Gasteiger partial charge in [-0.05, 0) is 67.6 Å². The van der Waals surface area contributed by atoms with Crippen molar-refractivity contribution in [2.24, 2.45) is 0 Å². The van der Waals surface area contributed by atoms with Crippen LogP contribution in [0.4, 0.5) is 15.8 Å². The Labute approximate surface area is 266 Å². The first kappa shape index (κ1) is 29.2. The number of hydrogen-bond donors (Lipinski definition) is 1. The lowest BCUT2D eigenvalue weighted by Crippen LogP contribution is -2.33. The van der Waals surface area contributed by atoms with Gasteiger partial charge in [0.1, 0.15) is 17.4 Å². The third kappa shape index (κ3) is 5.73. The minimum absolute atomic E-state index is 0.176. The predicted octanol–water partition coefficient (Wildman–Crippen LogP) is 6.79. The summed E-state index contributed by atoms with van der Waals surface area (Å²) in [4.78, 5) is 35.3. The number of para-hydroxylation sites is 2. The number of benzene rings is 2. The van der Waals surface area contributed by atoms with Crippen molar-refractivity contribution >= 4 is 45.3 Å². The fraction of sp³-hybridized carbons (Fsp3) is 0.235. The lowest BCUT2D eigenvalue weighted by Gasteiger charge is -2.23. The molecule has 3 aromatic heterocycles. The van der Waals surface area contributed by atoms with Crippen LogP contribution in [0, 0.1) is 12.7 Å². The molecule has 1 aliphatic carbocycles. The van der Waals surface area contributed by atoms with E-state index in [1.807, 2.05) is 48.7 Å². The molecular formula is C34H30FN5O3S2. The van der Waals surface area contributed by atoms with Gasteiger partial charge in [0.15, 0.2) is 0 Å². The largest absolute Gasteiger partial charge is 0.319 e. The van der Waals surface area contributed by atoms with Crippen LogP contribution >= 0.6 is 11.3 Å². The van der Waals surface area contributed by atoms with Crippen molar-refractivity contribution in [1.82, 2.24) is 14.8 Å². The number of nitrogens with zero attached hydrogens (tertiary/aromatic N) is 4. The number of nitrogens with one attached hydrogen (secondary N) is 1. The molecule has 11 heteroatoms. The number of rotatable bonds is 7. The lowest BCUT2D eigenvalue weighted by atomic mass is 10.1. The third-order valence-corrected chi connectivity index (χ3v) is 9.93. The second kappa shape index (κ2) is 11.8. The normalized spacial score (nSPS) is 14.8. The van der Waals surface area contributed by atoms with Gasteiger partial charge in [0, 0.05) is 51.7 Å². The molecule has 0 spiro atoms. The highest BCUT2D eigenvalue weighted by Crippen LogP contribution is 2.44. The first-order valence-electron chi connectivity index (χ1n) is 14.7. The van der Waals surface area contributed by atoms with E-state index in [9.17, 15) is 18.2 Å². The van der Waals surface area contributed by atoms with Gasteiger partial charge in [-0.15, -0.1) is 11.3 Å². The Hall–Kier alpha value is -4.48. The summed E-state index contributed by atoms with van der Waals surface area (Å²) in [6, 6.07) is 19.7. The van der Waals surface area contributed by atoms with Crippen LogP contribution < -0.4 is 10.2 Å². The molecule has 0 radical (unpaired) electrons. The number of hydrogen-bond acceptors (Lipinski definition) is 6. The second-order valence-electron chi connectivity index (χ2n) is 11.4. The monoisotopic (exact) mass is 639 g/mol. The number of fused-ring (bicyclic) bond motifs is 3. The minimum Gasteiger partial charge on any atom is -0.319 e. The standard InChI is InChI=1S/C34H30FN5O3S2/c1-20-7-5-9-25(35)30(20)37-33(41)29-17-22-15-16-40(28-12-4-3-8-23(28)32(22)44-29)34(42)27-11-6-10-26(36-27)24-18-39(19-45(2)43)38-31(24)21-13-14-21/h3-12,17-18,21H,13-16,19H2,1-2H3,(H,37,41). The molecule has 0 bridgehead atoms. The number of carbonyl (C=O) groups is 2. The summed E-state index contributed by atoms with van der Waals surface area (Å²) in [5.74, 6) is -0.408. The van der Waals surface area contributed by atoms with E-state index in [4.69, 9.17) is 10.1 Å². The predicted molar refractivity (Wildman–Crippen MR) is 176 cm³/mol. The summed E-state index contributed by atoms with van der Waals surface area (Å²) in [7, 11) is -1.04. The molecule has 45 heavy (non-hydrogen) atoms. The molecule has 1 atom stereocenters. The first-order chi connectivity index (χ1) is 21.8. The van der Waals surface area contributed by atoms with Crippen molar-refractivity contribution in [3.8, 4) is 21.7 Å². The zero-order valence-electron chi connectivity index (χ0n) is 24.7. The van der Waals surface area contributed by atoms with E-state index in [1.165, 1.54) is 17.4 Å². The average molecular weight is 640 g/mol. The van der Waals surface area contributed by atoms with Crippen molar-refractivity contribution in [2.45, 2.75) is 38.0 Å². The topological polar surface area (TPSA) is 97.2 Å². The molecule has 8 nitrogen and oxygen atoms in total. The highest BCUT2D eigenvalue weighted by atomic mass is 32.2. The van der Waals surface area contributed by atoms with Gasteiger partial charge >= 0.3 is 0 Å². The summed E-state index contributed by atoms with van der Waals surface area (Å²) < 4.78 is 28.0. The Morgan fingerprint density at radius 3 is 2.64 bits per heavy atom. The van der Waals surface area contributed by atoms with E-state index in [2.05, 4.69) is 5.32 Å². The minimum atomic E-state index is -1.04. The van der Waals surface area contributed by atoms with Crippen molar-refractivity contribution < 1.29 is 18.2 Å². The van der Waals surface area contributed by atoms with Crippen LogP contribution in [0.25, 0.3) is 21.7 Å². The molecule has 1 N–H and O–H groups in total. The summed E-state index contributed by atoms with van der Waals surface area (Å²) in [6.07, 6.45) is 6.17. The number of halogens is 1. The number of aromatic nitrogens is 3. The Kier molecular flexibility index (Phi) is 7.66. The van der Waals surface area contributed by atoms with Crippen molar-refractivity contribution in [1.29, 1.82) is 0 Å². The van der Waals surface area contributed by atoms with E-state index in [1.54, 1.807) is 41.0 Å². The summed E-state index contributed by atoms with van der Waals surface area (Å²) in [5, 5.41) is 7.44. The molecule has 1 aliphatic heterocycles. The SMILES string of the molecule is Cc1cccc(F)c1NC(=O)c1cc2c(s1)-c1ccccc1N(C(=O)c1cccc(-c3cn(CS(C)=O)nc3C3CC3)n1)CC2. The van der Waals surface area contributed by atoms with Gasteiger partial charge in [-0.25, -0.2) is 9.37 Å². The zero-order valence-corrected chi connectivity index (χ0v) is 26.4. The van der Waals surface area contributed by atoms with Gasteiger partial charge in [-0.2, -0.15) is 5.10 Å². The third-order valence-electron chi connectivity index (χ3n) is 8.10. The molecule has 2 amide bonds. The zero-order chi connectivity index (χ0) is 31.2. The molecule has 7 rings (SSSR count). The van der Waals surface area contributed by atoms with Crippen LogP contribution in [0.15, 0.2) is 72.9 Å². The molecule has 2 aromatic carbocycles. The van der Waals surface area contributed by atoms with Crippen LogP contribution in [-0.4, -0.2) is 43.6 Å².